The Kier molecular flexibility index (Phi) is 4.77. The third-order valence-corrected chi connectivity index (χ3v) is 3.37. The summed E-state index contributed by atoms with van der Waals surface area (Å²) >= 11 is 5.55. The molecular formula is C14H15ClN4O3. The van der Waals surface area contributed by atoms with Crippen LogP contribution in [0.4, 0.5) is 11.4 Å². The lowest BCUT2D eigenvalue weighted by molar-refractivity contribution is -0.384. The van der Waals surface area contributed by atoms with Crippen LogP contribution in [0.3, 0.4) is 0 Å². The van der Waals surface area contributed by atoms with E-state index in [0.29, 0.717) is 17.1 Å². The van der Waals surface area contributed by atoms with Crippen molar-refractivity contribution < 1.29 is 9.72 Å². The number of hydrogen-bond acceptors (Lipinski definition) is 4. The molecule has 2 aromatic rings. The molecule has 0 atom stereocenters. The summed E-state index contributed by atoms with van der Waals surface area (Å²) < 4.78 is 1.63. The van der Waals surface area contributed by atoms with Gasteiger partial charge >= 0.3 is 0 Å². The minimum atomic E-state index is -0.456. The second kappa shape index (κ2) is 6.57. The van der Waals surface area contributed by atoms with Gasteiger partial charge in [0.15, 0.2) is 0 Å². The van der Waals surface area contributed by atoms with Crippen molar-refractivity contribution in [1.82, 2.24) is 9.78 Å². The standard InChI is InChI=1S/C14H15ClN4O3/c1-9-14(16-13(20)7-8-15)10(2)18(17-9)11-3-5-12(6-4-11)19(21)22/h3-6H,7-8H2,1-2H3,(H,16,20). The van der Waals surface area contributed by atoms with Gasteiger partial charge in [-0.05, 0) is 26.0 Å². The van der Waals surface area contributed by atoms with E-state index in [0.717, 1.165) is 5.69 Å². The SMILES string of the molecule is Cc1nn(-c2ccc([N+](=O)[O-])cc2)c(C)c1NC(=O)CCCl. The van der Waals surface area contributed by atoms with Crippen molar-refractivity contribution in [3.05, 3.63) is 45.8 Å². The molecule has 0 saturated heterocycles. The highest BCUT2D eigenvalue weighted by Crippen LogP contribution is 2.24. The lowest BCUT2D eigenvalue weighted by atomic mass is 10.2. The predicted octanol–water partition coefficient (Wildman–Crippen LogP) is 2.96. The van der Waals surface area contributed by atoms with E-state index in [9.17, 15) is 14.9 Å². The number of rotatable bonds is 5. The number of anilines is 1. The molecule has 1 N–H and O–H groups in total. The van der Waals surface area contributed by atoms with Gasteiger partial charge in [-0.3, -0.25) is 14.9 Å². The van der Waals surface area contributed by atoms with Gasteiger partial charge in [-0.1, -0.05) is 0 Å². The minimum Gasteiger partial charge on any atom is -0.323 e. The quantitative estimate of drug-likeness (QED) is 0.520. The molecule has 0 unspecified atom stereocenters. The molecule has 0 saturated carbocycles. The summed E-state index contributed by atoms with van der Waals surface area (Å²) in [5.41, 5.74) is 2.74. The molecule has 2 rings (SSSR count). The fourth-order valence-corrected chi connectivity index (χ4v) is 2.25. The Hall–Kier alpha value is -2.41. The maximum absolute atomic E-state index is 11.7. The highest BCUT2D eigenvalue weighted by molar-refractivity contribution is 6.19. The van der Waals surface area contributed by atoms with Crippen molar-refractivity contribution in [3.63, 3.8) is 0 Å². The largest absolute Gasteiger partial charge is 0.323 e. The number of amides is 1. The highest BCUT2D eigenvalue weighted by atomic mass is 35.5. The van der Waals surface area contributed by atoms with Gasteiger partial charge in [-0.2, -0.15) is 5.10 Å². The first-order valence-electron chi connectivity index (χ1n) is 6.61. The first kappa shape index (κ1) is 16.0. The summed E-state index contributed by atoms with van der Waals surface area (Å²) in [5.74, 6) is 0.0740. The molecule has 0 aliphatic carbocycles. The Labute approximate surface area is 132 Å². The third-order valence-electron chi connectivity index (χ3n) is 3.18. The molecule has 0 fully saturated rings. The Morgan fingerprint density at radius 3 is 2.55 bits per heavy atom. The van der Waals surface area contributed by atoms with E-state index in [1.807, 2.05) is 6.92 Å². The Balaban J connectivity index is 2.33. The summed E-state index contributed by atoms with van der Waals surface area (Å²) in [7, 11) is 0. The number of nitrogens with one attached hydrogen (secondary N) is 1. The minimum absolute atomic E-state index is 0.0147. The number of halogens is 1. The molecule has 22 heavy (non-hydrogen) atoms. The first-order chi connectivity index (χ1) is 10.4. The van der Waals surface area contributed by atoms with Gasteiger partial charge < -0.3 is 5.32 Å². The third kappa shape index (κ3) is 3.25. The highest BCUT2D eigenvalue weighted by Gasteiger charge is 2.15. The van der Waals surface area contributed by atoms with Gasteiger partial charge in [0.1, 0.15) is 0 Å². The maximum Gasteiger partial charge on any atom is 0.269 e. The van der Waals surface area contributed by atoms with Crippen LogP contribution in [-0.2, 0) is 4.79 Å². The average Bonchev–Trinajstić information content (AvgIpc) is 2.76. The Morgan fingerprint density at radius 2 is 2.00 bits per heavy atom. The molecule has 0 spiro atoms. The van der Waals surface area contributed by atoms with Crippen LogP contribution in [0.15, 0.2) is 24.3 Å². The van der Waals surface area contributed by atoms with E-state index in [1.54, 1.807) is 23.7 Å². The van der Waals surface area contributed by atoms with E-state index >= 15 is 0 Å². The topological polar surface area (TPSA) is 90.1 Å². The lowest BCUT2D eigenvalue weighted by Gasteiger charge is -2.06. The number of nitro benzene ring substituents is 1. The number of nitrogens with zero attached hydrogens (tertiary/aromatic N) is 3. The van der Waals surface area contributed by atoms with Crippen LogP contribution in [0, 0.1) is 24.0 Å². The number of aromatic nitrogens is 2. The summed E-state index contributed by atoms with van der Waals surface area (Å²) in [4.78, 5) is 21.9. The fraction of sp³-hybridized carbons (Fsp3) is 0.286. The molecule has 0 aliphatic rings. The second-order valence-corrected chi connectivity index (χ2v) is 5.10. The molecule has 8 heteroatoms. The number of carbonyl (C=O) groups excluding carboxylic acids is 1. The van der Waals surface area contributed by atoms with Crippen molar-refractivity contribution >= 4 is 28.9 Å². The number of alkyl halides is 1. The van der Waals surface area contributed by atoms with Crippen LogP contribution < -0.4 is 5.32 Å². The second-order valence-electron chi connectivity index (χ2n) is 4.72. The summed E-state index contributed by atoms with van der Waals surface area (Å²) in [5, 5.41) is 17.8. The Morgan fingerprint density at radius 1 is 1.36 bits per heavy atom. The number of benzene rings is 1. The van der Waals surface area contributed by atoms with Gasteiger partial charge in [0, 0.05) is 24.4 Å². The first-order valence-corrected chi connectivity index (χ1v) is 7.14. The van der Waals surface area contributed by atoms with Crippen LogP contribution >= 0.6 is 11.6 Å². The molecule has 116 valence electrons. The number of carbonyl (C=O) groups is 1. The monoisotopic (exact) mass is 322 g/mol. The van der Waals surface area contributed by atoms with Gasteiger partial charge in [-0.25, -0.2) is 4.68 Å². The van der Waals surface area contributed by atoms with Crippen LogP contribution in [0.1, 0.15) is 17.8 Å². The summed E-state index contributed by atoms with van der Waals surface area (Å²) in [6.45, 7) is 3.60. The number of nitro groups is 1. The molecule has 1 aromatic carbocycles. The molecular weight excluding hydrogens is 308 g/mol. The van der Waals surface area contributed by atoms with Crippen LogP contribution in [0.2, 0.25) is 0 Å². The summed E-state index contributed by atoms with van der Waals surface area (Å²) in [6, 6.07) is 6.05. The van der Waals surface area contributed by atoms with Crippen molar-refractivity contribution in [1.29, 1.82) is 0 Å². The van der Waals surface area contributed by atoms with Crippen molar-refractivity contribution in [2.75, 3.05) is 11.2 Å². The summed E-state index contributed by atoms with van der Waals surface area (Å²) in [6.07, 6.45) is 0.225. The van der Waals surface area contributed by atoms with Gasteiger partial charge in [-0.15, -0.1) is 11.6 Å². The van der Waals surface area contributed by atoms with Gasteiger partial charge in [0.05, 0.1) is 27.7 Å². The van der Waals surface area contributed by atoms with E-state index in [2.05, 4.69) is 10.4 Å². The normalized spacial score (nSPS) is 10.5. The van der Waals surface area contributed by atoms with Crippen molar-refractivity contribution in [2.24, 2.45) is 0 Å². The average molecular weight is 323 g/mol. The van der Waals surface area contributed by atoms with Gasteiger partial charge in [0.2, 0.25) is 5.91 Å². The zero-order valence-corrected chi connectivity index (χ0v) is 12.9. The molecule has 1 aromatic heterocycles. The predicted molar refractivity (Wildman–Crippen MR) is 83.7 cm³/mol. The number of hydrogen-bond donors (Lipinski definition) is 1. The molecule has 0 aliphatic heterocycles. The smallest absolute Gasteiger partial charge is 0.269 e. The van der Waals surface area contributed by atoms with E-state index in [4.69, 9.17) is 11.6 Å². The van der Waals surface area contributed by atoms with Gasteiger partial charge in [0.25, 0.3) is 5.69 Å². The molecule has 1 amide bonds. The van der Waals surface area contributed by atoms with E-state index in [-0.39, 0.29) is 23.9 Å². The number of non-ortho nitro benzene ring substituents is 1. The van der Waals surface area contributed by atoms with Crippen molar-refractivity contribution in [2.45, 2.75) is 20.3 Å². The van der Waals surface area contributed by atoms with Crippen molar-refractivity contribution in [3.8, 4) is 5.69 Å². The molecule has 0 radical (unpaired) electrons. The fourth-order valence-electron chi connectivity index (χ4n) is 2.08. The van der Waals surface area contributed by atoms with E-state index in [1.165, 1.54) is 12.1 Å². The lowest BCUT2D eigenvalue weighted by Crippen LogP contribution is -2.13. The Bertz CT molecular complexity index is 710. The number of aryl methyl sites for hydroxylation is 1. The zero-order chi connectivity index (χ0) is 16.3. The maximum atomic E-state index is 11.7. The van der Waals surface area contributed by atoms with Crippen LogP contribution in [-0.4, -0.2) is 26.5 Å². The van der Waals surface area contributed by atoms with Crippen LogP contribution in [0.25, 0.3) is 5.69 Å². The molecule has 1 heterocycles. The molecule has 7 nitrogen and oxygen atoms in total. The molecule has 0 bridgehead atoms. The zero-order valence-electron chi connectivity index (χ0n) is 12.2. The van der Waals surface area contributed by atoms with E-state index < -0.39 is 4.92 Å². The van der Waals surface area contributed by atoms with Crippen LogP contribution in [0.5, 0.6) is 0 Å².